The van der Waals surface area contributed by atoms with Crippen molar-refractivity contribution in [3.8, 4) is 28.3 Å². The predicted octanol–water partition coefficient (Wildman–Crippen LogP) is 4.71. The Bertz CT molecular complexity index is 1800. The summed E-state index contributed by atoms with van der Waals surface area (Å²) in [5.74, 6) is 1.07. The Morgan fingerprint density at radius 3 is 2.44 bits per heavy atom. The number of nitrogens with zero attached hydrogens (tertiary/aromatic N) is 6. The molecule has 0 unspecified atom stereocenters. The van der Waals surface area contributed by atoms with Crippen molar-refractivity contribution in [1.29, 1.82) is 0 Å². The van der Waals surface area contributed by atoms with Crippen molar-refractivity contribution in [3.63, 3.8) is 0 Å². The number of hydrogen-bond acceptors (Lipinski definition) is 7. The van der Waals surface area contributed by atoms with Crippen LogP contribution in [0, 0.1) is 0 Å². The highest BCUT2D eigenvalue weighted by molar-refractivity contribution is 7.92. The molecule has 6 rings (SSSR count). The summed E-state index contributed by atoms with van der Waals surface area (Å²) < 4.78 is 28.0. The number of hydrogen-bond donors (Lipinski definition) is 1. The van der Waals surface area contributed by atoms with Crippen LogP contribution in [-0.4, -0.2) is 63.3 Å². The molecule has 10 heteroatoms. The third kappa shape index (κ3) is 5.49. The SMILES string of the molecule is C=CS(=O)(=O)N1CCCN(Cc2ccc(-n3c(-c4cccnc4N)nc4ccc(-c5ccccc5)nc43)cc2)CC1. The quantitative estimate of drug-likeness (QED) is 0.304. The maximum absolute atomic E-state index is 12.2. The zero-order valence-corrected chi connectivity index (χ0v) is 23.4. The van der Waals surface area contributed by atoms with Gasteiger partial charge in [-0.1, -0.05) is 49.0 Å². The second-order valence-corrected chi connectivity index (χ2v) is 11.9. The Kier molecular flexibility index (Phi) is 7.36. The molecule has 208 valence electrons. The van der Waals surface area contributed by atoms with Gasteiger partial charge < -0.3 is 5.73 Å². The summed E-state index contributed by atoms with van der Waals surface area (Å²) in [6.07, 6.45) is 2.44. The third-order valence-electron chi connectivity index (χ3n) is 7.37. The molecule has 1 aliphatic rings. The van der Waals surface area contributed by atoms with E-state index in [-0.39, 0.29) is 0 Å². The van der Waals surface area contributed by atoms with Gasteiger partial charge in [0.05, 0.1) is 11.3 Å². The molecule has 0 spiro atoms. The van der Waals surface area contributed by atoms with Crippen LogP contribution in [0.4, 0.5) is 5.82 Å². The van der Waals surface area contributed by atoms with Crippen LogP contribution in [0.15, 0.2) is 97.0 Å². The van der Waals surface area contributed by atoms with Crippen molar-refractivity contribution in [2.45, 2.75) is 13.0 Å². The maximum atomic E-state index is 12.2. The molecular weight excluding hydrogens is 534 g/mol. The monoisotopic (exact) mass is 565 g/mol. The second-order valence-electron chi connectivity index (χ2n) is 10.0. The van der Waals surface area contributed by atoms with Gasteiger partial charge in [-0.05, 0) is 54.9 Å². The van der Waals surface area contributed by atoms with Crippen molar-refractivity contribution in [2.24, 2.45) is 0 Å². The lowest BCUT2D eigenvalue weighted by molar-refractivity contribution is 0.279. The van der Waals surface area contributed by atoms with Crippen LogP contribution in [0.2, 0.25) is 0 Å². The Balaban J connectivity index is 1.34. The molecule has 4 heterocycles. The van der Waals surface area contributed by atoms with Crippen LogP contribution in [-0.2, 0) is 16.6 Å². The number of aromatic nitrogens is 4. The summed E-state index contributed by atoms with van der Waals surface area (Å²) in [5, 5.41) is 1.03. The van der Waals surface area contributed by atoms with Crippen molar-refractivity contribution in [2.75, 3.05) is 31.9 Å². The molecule has 2 aromatic carbocycles. The summed E-state index contributed by atoms with van der Waals surface area (Å²) in [6, 6.07) is 26.1. The lowest BCUT2D eigenvalue weighted by Gasteiger charge is -2.21. The second kappa shape index (κ2) is 11.2. The van der Waals surface area contributed by atoms with Crippen LogP contribution in [0.3, 0.4) is 0 Å². The Hall–Kier alpha value is -4.38. The Morgan fingerprint density at radius 2 is 1.68 bits per heavy atom. The zero-order valence-electron chi connectivity index (χ0n) is 22.6. The highest BCUT2D eigenvalue weighted by Crippen LogP contribution is 2.32. The van der Waals surface area contributed by atoms with E-state index in [0.717, 1.165) is 64.2 Å². The van der Waals surface area contributed by atoms with Crippen molar-refractivity contribution >= 4 is 27.0 Å². The number of fused-ring (bicyclic) bond motifs is 1. The molecule has 1 fully saturated rings. The Morgan fingerprint density at radius 1 is 0.878 bits per heavy atom. The van der Waals surface area contributed by atoms with E-state index in [0.29, 0.717) is 31.3 Å². The first-order valence-electron chi connectivity index (χ1n) is 13.5. The number of anilines is 1. The fraction of sp³-hybridized carbons (Fsp3) is 0.194. The molecule has 2 N–H and O–H groups in total. The summed E-state index contributed by atoms with van der Waals surface area (Å²) in [7, 11) is -3.40. The molecule has 0 radical (unpaired) electrons. The van der Waals surface area contributed by atoms with Crippen LogP contribution in [0.5, 0.6) is 0 Å². The van der Waals surface area contributed by atoms with E-state index in [1.165, 1.54) is 4.31 Å². The number of imidazole rings is 1. The highest BCUT2D eigenvalue weighted by Gasteiger charge is 2.23. The number of sulfonamides is 1. The van der Waals surface area contributed by atoms with E-state index in [2.05, 4.69) is 40.7 Å². The number of nitrogen functional groups attached to an aromatic ring is 1. The molecule has 0 aliphatic carbocycles. The number of nitrogens with two attached hydrogens (primary N) is 1. The van der Waals surface area contributed by atoms with Gasteiger partial charge in [-0.2, -0.15) is 4.31 Å². The summed E-state index contributed by atoms with van der Waals surface area (Å²) in [5.41, 5.74) is 12.4. The van der Waals surface area contributed by atoms with Crippen LogP contribution < -0.4 is 5.73 Å². The minimum absolute atomic E-state index is 0.401. The molecule has 0 saturated carbocycles. The van der Waals surface area contributed by atoms with E-state index in [1.54, 1.807) is 6.20 Å². The van der Waals surface area contributed by atoms with Crippen LogP contribution in [0.25, 0.3) is 39.5 Å². The molecule has 0 amide bonds. The predicted molar refractivity (Wildman–Crippen MR) is 163 cm³/mol. The number of benzene rings is 2. The van der Waals surface area contributed by atoms with Gasteiger partial charge >= 0.3 is 0 Å². The van der Waals surface area contributed by atoms with Crippen molar-refractivity contribution in [1.82, 2.24) is 28.7 Å². The molecule has 0 atom stereocenters. The van der Waals surface area contributed by atoms with E-state index in [9.17, 15) is 8.42 Å². The minimum atomic E-state index is -3.40. The summed E-state index contributed by atoms with van der Waals surface area (Å²) in [6.45, 7) is 6.65. The number of pyridine rings is 2. The standard InChI is InChI=1S/C31H31N7O2S/c1-2-41(39,40)37-19-7-18-36(20-21-37)22-23-11-13-25(14-12-23)38-30(26-10-6-17-33-29(26)32)35-28-16-15-27(34-31(28)38)24-8-4-3-5-9-24/h2-6,8-17H,1,7,18-22H2,(H2,32,33). The molecule has 9 nitrogen and oxygen atoms in total. The first-order chi connectivity index (χ1) is 19.9. The summed E-state index contributed by atoms with van der Waals surface area (Å²) in [4.78, 5) is 16.5. The molecule has 1 aliphatic heterocycles. The lowest BCUT2D eigenvalue weighted by Crippen LogP contribution is -2.33. The van der Waals surface area contributed by atoms with Gasteiger partial charge in [-0.15, -0.1) is 0 Å². The van der Waals surface area contributed by atoms with Gasteiger partial charge in [0.2, 0.25) is 10.0 Å². The molecule has 41 heavy (non-hydrogen) atoms. The van der Waals surface area contributed by atoms with Crippen LogP contribution >= 0.6 is 0 Å². The first kappa shape index (κ1) is 26.8. The third-order valence-corrected chi connectivity index (χ3v) is 8.88. The highest BCUT2D eigenvalue weighted by atomic mass is 32.2. The fourth-order valence-corrected chi connectivity index (χ4v) is 6.16. The summed E-state index contributed by atoms with van der Waals surface area (Å²) >= 11 is 0. The van der Waals surface area contributed by atoms with E-state index in [4.69, 9.17) is 15.7 Å². The van der Waals surface area contributed by atoms with Crippen molar-refractivity contribution < 1.29 is 8.42 Å². The van der Waals surface area contributed by atoms with E-state index in [1.807, 2.05) is 59.2 Å². The topological polar surface area (TPSA) is 110 Å². The van der Waals surface area contributed by atoms with Gasteiger partial charge in [0.1, 0.15) is 11.3 Å². The lowest BCUT2D eigenvalue weighted by atomic mass is 10.1. The first-order valence-corrected chi connectivity index (χ1v) is 15.0. The van der Waals surface area contributed by atoms with Crippen LogP contribution in [0.1, 0.15) is 12.0 Å². The normalized spacial score (nSPS) is 15.1. The van der Waals surface area contributed by atoms with Gasteiger partial charge in [-0.25, -0.2) is 23.4 Å². The van der Waals surface area contributed by atoms with Gasteiger partial charge in [0.25, 0.3) is 0 Å². The minimum Gasteiger partial charge on any atom is -0.383 e. The number of rotatable bonds is 7. The average molecular weight is 566 g/mol. The molecular formula is C31H31N7O2S. The van der Waals surface area contributed by atoms with Gasteiger partial charge in [-0.3, -0.25) is 9.47 Å². The Labute approximate surface area is 239 Å². The fourth-order valence-electron chi connectivity index (χ4n) is 5.23. The molecule has 0 bridgehead atoms. The largest absolute Gasteiger partial charge is 0.383 e. The van der Waals surface area contributed by atoms with E-state index >= 15 is 0 Å². The van der Waals surface area contributed by atoms with Gasteiger partial charge in [0, 0.05) is 49.0 Å². The maximum Gasteiger partial charge on any atom is 0.235 e. The van der Waals surface area contributed by atoms with Crippen molar-refractivity contribution in [3.05, 3.63) is 103 Å². The zero-order chi connectivity index (χ0) is 28.4. The average Bonchev–Trinajstić information content (AvgIpc) is 3.20. The smallest absolute Gasteiger partial charge is 0.235 e. The molecule has 5 aromatic rings. The molecule has 1 saturated heterocycles. The van der Waals surface area contributed by atoms with Gasteiger partial charge in [0.15, 0.2) is 11.5 Å². The van der Waals surface area contributed by atoms with E-state index < -0.39 is 10.0 Å². The molecule has 3 aromatic heterocycles.